The SMILES string of the molecule is Cc1nc(O)c(N=Nc2c(O)[nH]c(=O)[nH]c2=O)c(=O)[nH]1.[V]. The van der Waals surface area contributed by atoms with Gasteiger partial charge in [-0.25, -0.2) is 4.79 Å². The van der Waals surface area contributed by atoms with Crippen LogP contribution in [0.2, 0.25) is 0 Å². The molecule has 109 valence electrons. The van der Waals surface area contributed by atoms with Crippen molar-refractivity contribution in [3.63, 3.8) is 0 Å². The Morgan fingerprint density at radius 1 is 0.952 bits per heavy atom. The molecule has 11 nitrogen and oxygen atoms in total. The number of nitrogens with one attached hydrogen (secondary N) is 3. The van der Waals surface area contributed by atoms with Crippen LogP contribution in [0.3, 0.4) is 0 Å². The smallest absolute Gasteiger partial charge is 0.328 e. The number of aromatic nitrogens is 4. The Morgan fingerprint density at radius 3 is 2.10 bits per heavy atom. The first-order valence-electron chi connectivity index (χ1n) is 5.15. The Bertz CT molecular complexity index is 866. The maximum absolute atomic E-state index is 11.5. The third-order valence-corrected chi connectivity index (χ3v) is 2.14. The molecule has 0 spiro atoms. The molecule has 0 amide bonds. The monoisotopic (exact) mass is 331 g/mol. The summed E-state index contributed by atoms with van der Waals surface area (Å²) in [6, 6.07) is 0. The fourth-order valence-electron chi connectivity index (χ4n) is 1.32. The molecule has 0 saturated heterocycles. The first-order chi connectivity index (χ1) is 9.38. The van der Waals surface area contributed by atoms with Gasteiger partial charge in [0.1, 0.15) is 5.82 Å². The van der Waals surface area contributed by atoms with Crippen molar-refractivity contribution in [3.05, 3.63) is 37.0 Å². The Morgan fingerprint density at radius 2 is 1.52 bits per heavy atom. The van der Waals surface area contributed by atoms with E-state index in [1.54, 1.807) is 0 Å². The zero-order chi connectivity index (χ0) is 14.9. The van der Waals surface area contributed by atoms with Crippen molar-refractivity contribution >= 4 is 11.4 Å². The molecular weight excluding hydrogens is 323 g/mol. The molecule has 21 heavy (non-hydrogen) atoms. The van der Waals surface area contributed by atoms with Crippen molar-refractivity contribution in [3.8, 4) is 11.8 Å². The molecule has 0 fully saturated rings. The fourth-order valence-corrected chi connectivity index (χ4v) is 1.32. The van der Waals surface area contributed by atoms with Crippen LogP contribution in [-0.4, -0.2) is 30.1 Å². The summed E-state index contributed by atoms with van der Waals surface area (Å²) in [4.78, 5) is 43.2. The molecule has 0 bridgehead atoms. The molecule has 2 aromatic rings. The summed E-state index contributed by atoms with van der Waals surface area (Å²) in [7, 11) is 0. The average molecular weight is 331 g/mol. The first-order valence-corrected chi connectivity index (χ1v) is 5.15. The Labute approximate surface area is 126 Å². The van der Waals surface area contributed by atoms with Gasteiger partial charge in [0.2, 0.25) is 23.1 Å². The van der Waals surface area contributed by atoms with Crippen LogP contribution in [0.4, 0.5) is 11.4 Å². The quantitative estimate of drug-likeness (QED) is 0.453. The number of nitrogens with zero attached hydrogens (tertiary/aromatic N) is 3. The summed E-state index contributed by atoms with van der Waals surface area (Å²) in [5, 5.41) is 25.4. The summed E-state index contributed by atoms with van der Waals surface area (Å²) in [6.07, 6.45) is 0. The van der Waals surface area contributed by atoms with Crippen LogP contribution >= 0.6 is 0 Å². The summed E-state index contributed by atoms with van der Waals surface area (Å²) in [6.45, 7) is 1.44. The molecule has 0 aliphatic rings. The van der Waals surface area contributed by atoms with Crippen molar-refractivity contribution in [2.45, 2.75) is 6.92 Å². The van der Waals surface area contributed by atoms with Gasteiger partial charge in [-0.15, -0.1) is 10.2 Å². The molecule has 0 aliphatic carbocycles. The van der Waals surface area contributed by atoms with E-state index in [9.17, 15) is 24.6 Å². The van der Waals surface area contributed by atoms with Crippen LogP contribution in [0.1, 0.15) is 5.82 Å². The Balaban J connectivity index is 0.00000220. The largest absolute Gasteiger partial charge is 0.493 e. The van der Waals surface area contributed by atoms with Gasteiger partial charge in [-0.2, -0.15) is 4.98 Å². The van der Waals surface area contributed by atoms with E-state index in [1.165, 1.54) is 6.92 Å². The van der Waals surface area contributed by atoms with Crippen LogP contribution in [0.5, 0.6) is 11.8 Å². The fraction of sp³-hybridized carbons (Fsp3) is 0.111. The third-order valence-electron chi connectivity index (χ3n) is 2.14. The van der Waals surface area contributed by atoms with Gasteiger partial charge in [-0.1, -0.05) is 0 Å². The number of aryl methyl sites for hydroxylation is 1. The van der Waals surface area contributed by atoms with Gasteiger partial charge in [-0.05, 0) is 6.92 Å². The minimum atomic E-state index is -1.01. The number of aromatic hydroxyl groups is 2. The molecule has 0 unspecified atom stereocenters. The Kier molecular flexibility index (Phi) is 4.84. The predicted molar refractivity (Wildman–Crippen MR) is 64.8 cm³/mol. The summed E-state index contributed by atoms with van der Waals surface area (Å²) >= 11 is 0. The maximum atomic E-state index is 11.5. The zero-order valence-electron chi connectivity index (χ0n) is 10.4. The third kappa shape index (κ3) is 3.46. The number of azo groups is 1. The number of rotatable bonds is 2. The van der Waals surface area contributed by atoms with Crippen LogP contribution < -0.4 is 16.8 Å². The second-order valence-corrected chi connectivity index (χ2v) is 3.63. The van der Waals surface area contributed by atoms with Gasteiger partial charge in [0.15, 0.2) is 0 Å². The topological polar surface area (TPSA) is 177 Å². The second-order valence-electron chi connectivity index (χ2n) is 3.63. The molecule has 0 aliphatic heterocycles. The van der Waals surface area contributed by atoms with Gasteiger partial charge in [0.25, 0.3) is 11.1 Å². The molecule has 2 heterocycles. The van der Waals surface area contributed by atoms with Gasteiger partial charge in [0, 0.05) is 18.6 Å². The number of H-pyrrole nitrogens is 3. The maximum Gasteiger partial charge on any atom is 0.328 e. The standard InChI is InChI=1S/C9H8N6O5.V/c1-2-10-5(16)3(6(17)11-2)14-15-4-7(18)12-9(20)13-8(4)19;/h1H3,(H2,10,11,16,17)(H3,12,13,18,19,20);. The van der Waals surface area contributed by atoms with E-state index in [4.69, 9.17) is 0 Å². The van der Waals surface area contributed by atoms with Crippen molar-refractivity contribution in [1.29, 1.82) is 0 Å². The number of aromatic amines is 3. The normalized spacial score (nSPS) is 10.5. The van der Waals surface area contributed by atoms with Gasteiger partial charge in [-0.3, -0.25) is 19.6 Å². The van der Waals surface area contributed by atoms with Crippen LogP contribution in [0, 0.1) is 6.92 Å². The van der Waals surface area contributed by atoms with E-state index in [0.29, 0.717) is 0 Å². The number of hydrogen-bond acceptors (Lipinski definition) is 8. The summed E-state index contributed by atoms with van der Waals surface area (Å²) in [5.74, 6) is -1.34. The van der Waals surface area contributed by atoms with Gasteiger partial charge < -0.3 is 15.2 Å². The van der Waals surface area contributed by atoms with Crippen molar-refractivity contribution in [1.82, 2.24) is 19.9 Å². The first kappa shape index (κ1) is 16.4. The number of hydrogen-bond donors (Lipinski definition) is 5. The molecule has 0 saturated carbocycles. The van der Waals surface area contributed by atoms with Crippen LogP contribution in [0.15, 0.2) is 24.6 Å². The molecular formula is C9H8N6O5V. The average Bonchev–Trinajstić information content (AvgIpc) is 2.30. The van der Waals surface area contributed by atoms with E-state index < -0.39 is 39.9 Å². The molecule has 0 atom stereocenters. The van der Waals surface area contributed by atoms with E-state index in [-0.39, 0.29) is 24.4 Å². The van der Waals surface area contributed by atoms with Crippen LogP contribution in [0.25, 0.3) is 0 Å². The molecule has 1 radical (unpaired) electrons. The second kappa shape index (κ2) is 6.20. The predicted octanol–water partition coefficient (Wildman–Crippen LogP) is -0.721. The van der Waals surface area contributed by atoms with E-state index in [2.05, 4.69) is 20.2 Å². The molecule has 2 rings (SSSR count). The van der Waals surface area contributed by atoms with Gasteiger partial charge >= 0.3 is 5.69 Å². The minimum absolute atomic E-state index is 0. The van der Waals surface area contributed by atoms with Gasteiger partial charge in [0.05, 0.1) is 0 Å². The van der Waals surface area contributed by atoms with Crippen molar-refractivity contribution < 1.29 is 28.8 Å². The molecule has 0 aromatic carbocycles. The Hall–Kier alpha value is -2.66. The minimum Gasteiger partial charge on any atom is -0.493 e. The van der Waals surface area contributed by atoms with Crippen LogP contribution in [-0.2, 0) is 18.6 Å². The summed E-state index contributed by atoms with van der Waals surface area (Å²) < 4.78 is 0. The van der Waals surface area contributed by atoms with E-state index in [1.807, 2.05) is 9.97 Å². The van der Waals surface area contributed by atoms with E-state index in [0.717, 1.165) is 0 Å². The van der Waals surface area contributed by atoms with Crippen molar-refractivity contribution in [2.24, 2.45) is 10.2 Å². The van der Waals surface area contributed by atoms with Crippen molar-refractivity contribution in [2.75, 3.05) is 0 Å². The summed E-state index contributed by atoms with van der Waals surface area (Å²) in [5.41, 5.74) is -3.88. The zero-order valence-corrected chi connectivity index (χ0v) is 11.8. The van der Waals surface area contributed by atoms with E-state index >= 15 is 0 Å². The molecule has 2 aromatic heterocycles. The molecule has 5 N–H and O–H groups in total. The molecule has 12 heteroatoms.